The van der Waals surface area contributed by atoms with E-state index in [9.17, 15) is 4.79 Å². The van der Waals surface area contributed by atoms with Crippen molar-refractivity contribution in [3.63, 3.8) is 0 Å². The summed E-state index contributed by atoms with van der Waals surface area (Å²) in [5.74, 6) is 0.158. The second-order valence-corrected chi connectivity index (χ2v) is 8.17. The van der Waals surface area contributed by atoms with Gasteiger partial charge in [-0.25, -0.2) is 9.78 Å². The Kier molecular flexibility index (Phi) is 5.59. The molecule has 9 heteroatoms. The van der Waals surface area contributed by atoms with Crippen LogP contribution in [0.2, 0.25) is 0 Å². The van der Waals surface area contributed by atoms with Gasteiger partial charge in [0.1, 0.15) is 11.1 Å². The number of aromatic nitrogens is 3. The largest absolute Gasteiger partial charge is 0.483 e. The predicted octanol–water partition coefficient (Wildman–Crippen LogP) is 2.95. The first-order valence-corrected chi connectivity index (χ1v) is 10.4. The van der Waals surface area contributed by atoms with E-state index in [1.165, 1.54) is 0 Å². The SMILES string of the molecule is Cc1csc(-c2ccc3[nH]nc(C(=O)O[C@@H]4CN5CCC4CC5)c3c2)n1.O=CO. The second kappa shape index (κ2) is 8.30. The normalized spacial score (nSPS) is 22.7. The number of carboxylic acid groups (broad SMARTS) is 1. The van der Waals surface area contributed by atoms with Gasteiger partial charge in [0.15, 0.2) is 5.69 Å². The van der Waals surface area contributed by atoms with Crippen LogP contribution in [0.25, 0.3) is 21.5 Å². The van der Waals surface area contributed by atoms with Crippen molar-refractivity contribution < 1.29 is 19.4 Å². The third-order valence-corrected chi connectivity index (χ3v) is 6.49. The topological polar surface area (TPSA) is 108 Å². The third kappa shape index (κ3) is 4.01. The number of thiazole rings is 1. The van der Waals surface area contributed by atoms with Crippen LogP contribution in [0.5, 0.6) is 0 Å². The summed E-state index contributed by atoms with van der Waals surface area (Å²) in [5, 5.41) is 17.8. The van der Waals surface area contributed by atoms with Crippen LogP contribution in [-0.2, 0) is 9.53 Å². The van der Waals surface area contributed by atoms with E-state index in [1.807, 2.05) is 30.5 Å². The molecule has 0 amide bonds. The van der Waals surface area contributed by atoms with Gasteiger partial charge >= 0.3 is 5.97 Å². The number of hydrogen-bond acceptors (Lipinski definition) is 7. The van der Waals surface area contributed by atoms with Crippen molar-refractivity contribution in [1.82, 2.24) is 20.1 Å². The van der Waals surface area contributed by atoms with Gasteiger partial charge in [0.05, 0.1) is 5.52 Å². The van der Waals surface area contributed by atoms with E-state index in [-0.39, 0.29) is 18.5 Å². The third-order valence-electron chi connectivity index (χ3n) is 5.48. The zero-order valence-electron chi connectivity index (χ0n) is 16.0. The molecule has 3 aromatic rings. The lowest BCUT2D eigenvalue weighted by Crippen LogP contribution is -2.51. The molecule has 1 aromatic carbocycles. The van der Waals surface area contributed by atoms with Gasteiger partial charge in [-0.05, 0) is 57.0 Å². The van der Waals surface area contributed by atoms with Gasteiger partial charge in [-0.1, -0.05) is 0 Å². The Morgan fingerprint density at radius 1 is 1.38 bits per heavy atom. The van der Waals surface area contributed by atoms with Gasteiger partial charge in [0.2, 0.25) is 0 Å². The van der Waals surface area contributed by atoms with E-state index >= 15 is 0 Å². The molecule has 0 aliphatic carbocycles. The average molecular weight is 414 g/mol. The van der Waals surface area contributed by atoms with Crippen molar-refractivity contribution in [1.29, 1.82) is 0 Å². The molecule has 0 unspecified atom stereocenters. The van der Waals surface area contributed by atoms with Crippen LogP contribution in [0.4, 0.5) is 0 Å². The smallest absolute Gasteiger partial charge is 0.359 e. The highest BCUT2D eigenvalue weighted by molar-refractivity contribution is 7.13. The Hall–Kier alpha value is -2.78. The first kappa shape index (κ1) is 19.5. The van der Waals surface area contributed by atoms with Crippen LogP contribution in [0.1, 0.15) is 29.0 Å². The molecule has 1 atom stereocenters. The quantitative estimate of drug-likeness (QED) is 0.501. The minimum Gasteiger partial charge on any atom is -0.483 e. The van der Waals surface area contributed by atoms with Crippen molar-refractivity contribution in [3.05, 3.63) is 35.0 Å². The molecule has 8 nitrogen and oxygen atoms in total. The molecular weight excluding hydrogens is 392 g/mol. The fourth-order valence-electron chi connectivity index (χ4n) is 4.03. The minimum atomic E-state index is -0.331. The van der Waals surface area contributed by atoms with Gasteiger partial charge in [0.25, 0.3) is 6.47 Å². The molecule has 2 aromatic heterocycles. The molecule has 5 heterocycles. The first-order chi connectivity index (χ1) is 14.1. The van der Waals surface area contributed by atoms with Crippen LogP contribution < -0.4 is 0 Å². The fraction of sp³-hybridized carbons (Fsp3) is 0.400. The molecule has 3 fully saturated rings. The molecule has 3 aliphatic heterocycles. The van der Waals surface area contributed by atoms with E-state index < -0.39 is 0 Å². The number of benzene rings is 1. The summed E-state index contributed by atoms with van der Waals surface area (Å²) in [7, 11) is 0. The van der Waals surface area contributed by atoms with E-state index in [1.54, 1.807) is 11.3 Å². The van der Waals surface area contributed by atoms with E-state index in [2.05, 4.69) is 20.1 Å². The molecule has 0 saturated carbocycles. The van der Waals surface area contributed by atoms with Gasteiger partial charge in [-0.3, -0.25) is 14.8 Å². The number of piperidine rings is 3. The van der Waals surface area contributed by atoms with Crippen LogP contribution in [0, 0.1) is 12.8 Å². The first-order valence-electron chi connectivity index (χ1n) is 9.51. The molecule has 2 bridgehead atoms. The van der Waals surface area contributed by atoms with Crippen molar-refractivity contribution in [2.75, 3.05) is 19.6 Å². The molecule has 29 heavy (non-hydrogen) atoms. The fourth-order valence-corrected chi connectivity index (χ4v) is 4.82. The summed E-state index contributed by atoms with van der Waals surface area (Å²) in [5.41, 5.74) is 3.20. The highest BCUT2D eigenvalue weighted by Gasteiger charge is 2.37. The zero-order valence-corrected chi connectivity index (χ0v) is 16.8. The second-order valence-electron chi connectivity index (χ2n) is 7.31. The Balaban J connectivity index is 0.000000645. The number of H-pyrrole nitrogens is 1. The summed E-state index contributed by atoms with van der Waals surface area (Å²) < 4.78 is 5.85. The summed E-state index contributed by atoms with van der Waals surface area (Å²) in [6, 6.07) is 5.92. The summed E-state index contributed by atoms with van der Waals surface area (Å²) in [4.78, 5) is 28.1. The average Bonchev–Trinajstić information content (AvgIpc) is 3.35. The maximum Gasteiger partial charge on any atom is 0.359 e. The highest BCUT2D eigenvalue weighted by atomic mass is 32.1. The minimum absolute atomic E-state index is 0.0125. The standard InChI is InChI=1S/C19H20N4O2S.CH2O2/c1-11-10-26-18(20-11)13-2-3-15-14(8-13)17(22-21-15)19(24)25-16-9-23-6-4-12(16)5-7-23;2-1-3/h2-3,8,10,12,16H,4-7,9H2,1H3,(H,21,22);1H,(H,2,3)/t16-;/m1./s1. The number of fused-ring (bicyclic) bond motifs is 4. The maximum atomic E-state index is 12.8. The van der Waals surface area contributed by atoms with Crippen molar-refractivity contribution in [3.8, 4) is 10.6 Å². The zero-order chi connectivity index (χ0) is 20.4. The van der Waals surface area contributed by atoms with Crippen molar-refractivity contribution in [2.24, 2.45) is 5.92 Å². The number of carbonyl (C=O) groups is 2. The lowest BCUT2D eigenvalue weighted by atomic mass is 9.86. The van der Waals surface area contributed by atoms with Gasteiger partial charge in [-0.15, -0.1) is 11.3 Å². The molecule has 0 spiro atoms. The molecule has 2 N–H and O–H groups in total. The Bertz CT molecular complexity index is 1020. The number of nitrogens with one attached hydrogen (secondary N) is 1. The monoisotopic (exact) mass is 414 g/mol. The number of nitrogens with zero attached hydrogens (tertiary/aromatic N) is 3. The molecule has 3 saturated heterocycles. The number of hydrogen-bond donors (Lipinski definition) is 2. The molecule has 152 valence electrons. The summed E-state index contributed by atoms with van der Waals surface area (Å²) in [6.07, 6.45) is 2.22. The van der Waals surface area contributed by atoms with Crippen LogP contribution in [0.15, 0.2) is 23.6 Å². The van der Waals surface area contributed by atoms with Crippen LogP contribution >= 0.6 is 11.3 Å². The van der Waals surface area contributed by atoms with Crippen molar-refractivity contribution in [2.45, 2.75) is 25.9 Å². The van der Waals surface area contributed by atoms with Gasteiger partial charge in [-0.2, -0.15) is 5.10 Å². The predicted molar refractivity (Wildman–Crippen MR) is 109 cm³/mol. The summed E-state index contributed by atoms with van der Waals surface area (Å²) in [6.45, 7) is 4.83. The maximum absolute atomic E-state index is 12.8. The molecular formula is C20H22N4O4S. The molecule has 0 radical (unpaired) electrons. The van der Waals surface area contributed by atoms with E-state index in [0.29, 0.717) is 11.6 Å². The van der Waals surface area contributed by atoms with Gasteiger partial charge in [0, 0.05) is 28.6 Å². The van der Waals surface area contributed by atoms with Crippen LogP contribution in [-0.4, -0.2) is 63.4 Å². The van der Waals surface area contributed by atoms with E-state index in [4.69, 9.17) is 14.6 Å². The number of aryl methyl sites for hydroxylation is 1. The highest BCUT2D eigenvalue weighted by Crippen LogP contribution is 2.31. The number of rotatable bonds is 3. The molecule has 6 rings (SSSR count). The number of ether oxygens (including phenoxy) is 1. The van der Waals surface area contributed by atoms with Crippen LogP contribution in [0.3, 0.4) is 0 Å². The Morgan fingerprint density at radius 2 is 2.14 bits per heavy atom. The number of aromatic amines is 1. The van der Waals surface area contributed by atoms with Crippen molar-refractivity contribution >= 4 is 34.7 Å². The number of carbonyl (C=O) groups excluding carboxylic acids is 1. The summed E-state index contributed by atoms with van der Waals surface area (Å²) >= 11 is 1.60. The number of esters is 1. The lowest BCUT2D eigenvalue weighted by Gasteiger charge is -2.43. The Labute approximate surface area is 171 Å². The van der Waals surface area contributed by atoms with Gasteiger partial charge < -0.3 is 9.84 Å². The van der Waals surface area contributed by atoms with E-state index in [0.717, 1.165) is 59.6 Å². The lowest BCUT2D eigenvalue weighted by molar-refractivity contribution is -0.122. The molecule has 3 aliphatic rings. The Morgan fingerprint density at radius 3 is 2.76 bits per heavy atom.